The van der Waals surface area contributed by atoms with Gasteiger partial charge in [-0.25, -0.2) is 9.97 Å². The van der Waals surface area contributed by atoms with Crippen LogP contribution >= 0.6 is 34.5 Å². The van der Waals surface area contributed by atoms with Gasteiger partial charge in [0.2, 0.25) is 11.7 Å². The minimum Gasteiger partial charge on any atom is -0.495 e. The van der Waals surface area contributed by atoms with Crippen LogP contribution in [0.3, 0.4) is 0 Å². The molecule has 2 N–H and O–H groups in total. The van der Waals surface area contributed by atoms with E-state index in [9.17, 15) is 9.59 Å². The van der Waals surface area contributed by atoms with Crippen molar-refractivity contribution >= 4 is 62.3 Å². The highest BCUT2D eigenvalue weighted by Crippen LogP contribution is 2.42. The SMILES string of the molecule is C=CC(=O)NC1CCOCC1Nc1cc2sc(C(=O)c3c(Cl)c(OC)cc(OC)c3Cl)nc2cn1. The molecule has 1 aromatic carbocycles. The lowest BCUT2D eigenvalue weighted by Gasteiger charge is -2.32. The first-order valence-electron chi connectivity index (χ1n) is 10.5. The molecule has 2 aromatic heterocycles. The number of rotatable bonds is 8. The molecular formula is C23H22Cl2N4O5S. The standard InChI is InChI=1S/C23H22Cl2N4O5S/c1-4-18(30)28-11-5-6-34-10-13(11)27-17-8-16-12(9-26-17)29-23(35-16)22(31)19-20(24)14(32-2)7-15(33-3)21(19)25/h4,7-9,11,13H,1,5-6,10H2,2-3H3,(H,26,27)(H,28,30). The number of fused-ring (bicyclic) bond motifs is 1. The molecule has 2 atom stereocenters. The molecule has 0 radical (unpaired) electrons. The molecule has 1 aliphatic rings. The number of ketones is 1. The Bertz CT molecular complexity index is 1270. The highest BCUT2D eigenvalue weighted by atomic mass is 35.5. The van der Waals surface area contributed by atoms with Crippen molar-refractivity contribution in [3.05, 3.63) is 51.6 Å². The number of hydrogen-bond donors (Lipinski definition) is 2. The monoisotopic (exact) mass is 536 g/mol. The van der Waals surface area contributed by atoms with Gasteiger partial charge in [-0.1, -0.05) is 29.8 Å². The molecule has 0 spiro atoms. The van der Waals surface area contributed by atoms with Crippen LogP contribution < -0.4 is 20.1 Å². The summed E-state index contributed by atoms with van der Waals surface area (Å²) < 4.78 is 16.8. The molecule has 1 aliphatic heterocycles. The molecule has 3 aromatic rings. The Balaban J connectivity index is 1.62. The maximum Gasteiger partial charge on any atom is 0.243 e. The molecule has 35 heavy (non-hydrogen) atoms. The van der Waals surface area contributed by atoms with Crippen molar-refractivity contribution in [3.8, 4) is 11.5 Å². The number of hydrogen-bond acceptors (Lipinski definition) is 9. The summed E-state index contributed by atoms with van der Waals surface area (Å²) >= 11 is 14.0. The Kier molecular flexibility index (Phi) is 7.75. The Morgan fingerprint density at radius 3 is 2.57 bits per heavy atom. The smallest absolute Gasteiger partial charge is 0.243 e. The number of nitrogens with zero attached hydrogens (tertiary/aromatic N) is 2. The van der Waals surface area contributed by atoms with Gasteiger partial charge in [0.25, 0.3) is 0 Å². The van der Waals surface area contributed by atoms with Crippen LogP contribution in [0.2, 0.25) is 10.0 Å². The minimum atomic E-state index is -0.458. The number of pyridine rings is 1. The van der Waals surface area contributed by atoms with E-state index in [-0.39, 0.29) is 50.1 Å². The Morgan fingerprint density at radius 1 is 1.20 bits per heavy atom. The second-order valence-corrected chi connectivity index (χ2v) is 9.39. The van der Waals surface area contributed by atoms with Crippen LogP contribution in [0, 0.1) is 0 Å². The average Bonchev–Trinajstić information content (AvgIpc) is 3.29. The summed E-state index contributed by atoms with van der Waals surface area (Å²) in [6, 6.07) is 2.98. The van der Waals surface area contributed by atoms with Gasteiger partial charge in [-0.15, -0.1) is 11.3 Å². The zero-order valence-electron chi connectivity index (χ0n) is 18.9. The van der Waals surface area contributed by atoms with Gasteiger partial charge in [-0.2, -0.15) is 0 Å². The Hall–Kier alpha value is -2.92. The van der Waals surface area contributed by atoms with Gasteiger partial charge in [0, 0.05) is 12.7 Å². The third-order valence-corrected chi connectivity index (χ3v) is 7.24. The predicted octanol–water partition coefficient (Wildman–Crippen LogP) is 4.12. The molecule has 0 saturated carbocycles. The summed E-state index contributed by atoms with van der Waals surface area (Å²) in [7, 11) is 2.87. The van der Waals surface area contributed by atoms with E-state index in [0.717, 1.165) is 4.70 Å². The number of anilines is 1. The van der Waals surface area contributed by atoms with E-state index in [4.69, 9.17) is 37.4 Å². The summed E-state index contributed by atoms with van der Waals surface area (Å²) in [5.74, 6) is 0.384. The number of aromatic nitrogens is 2. The third kappa shape index (κ3) is 5.20. The molecule has 9 nitrogen and oxygen atoms in total. The molecule has 0 bridgehead atoms. The summed E-state index contributed by atoms with van der Waals surface area (Å²) in [6.07, 6.45) is 3.47. The van der Waals surface area contributed by atoms with Crippen LogP contribution in [0.15, 0.2) is 31.0 Å². The minimum absolute atomic E-state index is 0.0510. The largest absolute Gasteiger partial charge is 0.495 e. The Labute approximate surface area is 215 Å². The van der Waals surface area contributed by atoms with E-state index < -0.39 is 5.78 Å². The highest BCUT2D eigenvalue weighted by molar-refractivity contribution is 7.20. The van der Waals surface area contributed by atoms with Crippen molar-refractivity contribution in [2.75, 3.05) is 32.8 Å². The molecule has 4 rings (SSSR count). The first-order valence-corrected chi connectivity index (χ1v) is 12.1. The van der Waals surface area contributed by atoms with Gasteiger partial charge < -0.3 is 24.8 Å². The second-order valence-electron chi connectivity index (χ2n) is 7.60. The third-order valence-electron chi connectivity index (χ3n) is 5.47. The van der Waals surface area contributed by atoms with E-state index in [0.29, 0.717) is 31.0 Å². The van der Waals surface area contributed by atoms with Crippen LogP contribution in [0.4, 0.5) is 5.82 Å². The van der Waals surface area contributed by atoms with Gasteiger partial charge in [-0.05, 0) is 18.6 Å². The summed E-state index contributed by atoms with van der Waals surface area (Å²) in [6.45, 7) is 4.45. The molecule has 2 unspecified atom stereocenters. The van der Waals surface area contributed by atoms with E-state index in [1.165, 1.54) is 37.7 Å². The van der Waals surface area contributed by atoms with E-state index >= 15 is 0 Å². The van der Waals surface area contributed by atoms with Crippen molar-refractivity contribution in [2.45, 2.75) is 18.5 Å². The topological polar surface area (TPSA) is 112 Å². The maximum absolute atomic E-state index is 13.3. The summed E-state index contributed by atoms with van der Waals surface area (Å²) in [5.41, 5.74) is 0.595. The van der Waals surface area contributed by atoms with E-state index in [1.807, 2.05) is 0 Å². The van der Waals surface area contributed by atoms with Crippen molar-refractivity contribution < 1.29 is 23.8 Å². The number of benzene rings is 1. The maximum atomic E-state index is 13.3. The first kappa shape index (κ1) is 25.2. The van der Waals surface area contributed by atoms with Gasteiger partial charge in [0.1, 0.15) is 22.8 Å². The molecule has 12 heteroatoms. The number of carbonyl (C=O) groups excluding carboxylic acids is 2. The number of methoxy groups -OCH3 is 2. The second kappa shape index (κ2) is 10.8. The number of nitrogens with one attached hydrogen (secondary N) is 2. The van der Waals surface area contributed by atoms with Crippen LogP contribution in [0.25, 0.3) is 10.2 Å². The molecule has 184 valence electrons. The van der Waals surface area contributed by atoms with E-state index in [1.54, 1.807) is 12.3 Å². The summed E-state index contributed by atoms with van der Waals surface area (Å²) in [5, 5.41) is 6.56. The lowest BCUT2D eigenvalue weighted by atomic mass is 10.0. The van der Waals surface area contributed by atoms with Gasteiger partial charge >= 0.3 is 0 Å². The lowest BCUT2D eigenvalue weighted by Crippen LogP contribution is -2.52. The number of halogens is 2. The zero-order chi connectivity index (χ0) is 25.1. The quantitative estimate of drug-likeness (QED) is 0.326. The fourth-order valence-electron chi connectivity index (χ4n) is 3.68. The number of carbonyl (C=O) groups is 2. The van der Waals surface area contributed by atoms with Crippen molar-refractivity contribution in [3.63, 3.8) is 0 Å². The predicted molar refractivity (Wildman–Crippen MR) is 135 cm³/mol. The average molecular weight is 537 g/mol. The van der Waals surface area contributed by atoms with Crippen molar-refractivity contribution in [1.29, 1.82) is 0 Å². The summed E-state index contributed by atoms with van der Waals surface area (Å²) in [4.78, 5) is 33.9. The van der Waals surface area contributed by atoms with Crippen LogP contribution in [-0.2, 0) is 9.53 Å². The normalized spacial score (nSPS) is 17.6. The number of amides is 1. The van der Waals surface area contributed by atoms with Gasteiger partial charge in [0.05, 0.1) is 59.4 Å². The molecule has 3 heterocycles. The molecular weight excluding hydrogens is 515 g/mol. The van der Waals surface area contributed by atoms with Crippen LogP contribution in [-0.4, -0.2) is 61.2 Å². The van der Waals surface area contributed by atoms with Crippen molar-refractivity contribution in [1.82, 2.24) is 15.3 Å². The molecule has 1 saturated heterocycles. The van der Waals surface area contributed by atoms with E-state index in [2.05, 4.69) is 27.2 Å². The lowest BCUT2D eigenvalue weighted by molar-refractivity contribution is -0.117. The van der Waals surface area contributed by atoms with Crippen LogP contribution in [0.5, 0.6) is 11.5 Å². The molecule has 1 amide bonds. The molecule has 1 fully saturated rings. The molecule has 0 aliphatic carbocycles. The highest BCUT2D eigenvalue weighted by Gasteiger charge is 2.28. The van der Waals surface area contributed by atoms with Crippen molar-refractivity contribution in [2.24, 2.45) is 0 Å². The van der Waals surface area contributed by atoms with Gasteiger partial charge in [0.15, 0.2) is 5.01 Å². The van der Waals surface area contributed by atoms with Gasteiger partial charge in [-0.3, -0.25) is 9.59 Å². The fourth-order valence-corrected chi connectivity index (χ4v) is 5.28. The number of thiazole rings is 1. The zero-order valence-corrected chi connectivity index (χ0v) is 21.2. The van der Waals surface area contributed by atoms with Crippen LogP contribution in [0.1, 0.15) is 21.8 Å². The Morgan fingerprint density at radius 2 is 1.91 bits per heavy atom. The fraction of sp³-hybridized carbons (Fsp3) is 0.304. The number of ether oxygens (including phenoxy) is 3. The first-order chi connectivity index (χ1) is 16.9.